The Morgan fingerprint density at radius 1 is 0.846 bits per heavy atom. The van der Waals surface area contributed by atoms with E-state index in [0.717, 1.165) is 0 Å². The van der Waals surface area contributed by atoms with Crippen LogP contribution in [0.3, 0.4) is 0 Å². The molecule has 0 aliphatic rings. The Kier molecular flexibility index (Phi) is 100. The first-order chi connectivity index (χ1) is 3.13. The van der Waals surface area contributed by atoms with Gasteiger partial charge >= 0.3 is 125 Å². The Morgan fingerprint density at radius 2 is 1.00 bits per heavy atom. The molecule has 0 unspecified atom stereocenters. The van der Waals surface area contributed by atoms with Gasteiger partial charge in [-0.3, -0.25) is 9.11 Å². The van der Waals surface area contributed by atoms with Crippen LogP contribution < -0.4 is 103 Å². The Bertz CT molecular complexity index is 100. The molecule has 0 rings (SSSR count). The van der Waals surface area contributed by atoms with Gasteiger partial charge in [0.1, 0.15) is 0 Å². The molecule has 13 heteroatoms. The monoisotopic (exact) mass is 298 g/mol. The van der Waals surface area contributed by atoms with Crippen molar-refractivity contribution in [3.05, 3.63) is 0 Å². The molecule has 0 aromatic rings. The summed E-state index contributed by atoms with van der Waals surface area (Å²) in [5.74, 6) is 0. The second-order valence-electron chi connectivity index (χ2n) is 0.502. The van der Waals surface area contributed by atoms with E-state index in [2.05, 4.69) is 3.63 Å². The van der Waals surface area contributed by atoms with Gasteiger partial charge in [0, 0.05) is 0 Å². The first kappa shape index (κ1) is 44.1. The van der Waals surface area contributed by atoms with Crippen LogP contribution in [0.25, 0.3) is 0 Å². The van der Waals surface area contributed by atoms with Crippen molar-refractivity contribution in [2.24, 2.45) is 0 Å². The summed E-state index contributed by atoms with van der Waals surface area (Å²) in [6.07, 6.45) is 0. The molecule has 0 fully saturated rings. The first-order valence-electron chi connectivity index (χ1n) is 1.03. The van der Waals surface area contributed by atoms with Gasteiger partial charge in [-0.05, 0) is 0 Å². The van der Waals surface area contributed by atoms with E-state index in [1.165, 1.54) is 0 Å². The summed E-state index contributed by atoms with van der Waals surface area (Å²) >= 11 is -5.29. The van der Waals surface area contributed by atoms with Gasteiger partial charge in [0.2, 0.25) is 0 Å². The molecule has 0 aliphatic carbocycles. The van der Waals surface area contributed by atoms with Gasteiger partial charge in [-0.15, -0.1) is 3.63 Å². The molecule has 0 radical (unpaired) electrons. The quantitative estimate of drug-likeness (QED) is 0.374. The van der Waals surface area contributed by atoms with Gasteiger partial charge in [0.15, 0.2) is 0 Å². The smallest absolute Gasteiger partial charge is 1.00 e. The summed E-state index contributed by atoms with van der Waals surface area (Å²) in [6, 6.07) is 0. The first-order valence-corrected chi connectivity index (χ1v) is 3.10. The molecule has 0 saturated carbocycles. The number of hydrogen-bond donors (Lipinski definition) is 2. The van der Waals surface area contributed by atoms with Gasteiger partial charge in [-0.2, -0.15) is 8.42 Å². The van der Waals surface area contributed by atoms with Crippen LogP contribution in [-0.4, -0.2) is 39.4 Å². The molecule has 0 atom stereocenters. The Morgan fingerprint density at radius 3 is 1.00 bits per heavy atom. The van der Waals surface area contributed by atoms with E-state index in [0.29, 0.717) is 0 Å². The molecule has 0 aliphatic heterocycles. The largest absolute Gasteiger partial charge is 1.00 e. The fourth-order valence-electron chi connectivity index (χ4n) is 0.0498. The molecule has 9 nitrogen and oxygen atoms in total. The molecular weight excluding hydrogens is 286 g/mol. The van der Waals surface area contributed by atoms with E-state index in [9.17, 15) is 8.42 Å². The van der Waals surface area contributed by atoms with Crippen LogP contribution in [0.15, 0.2) is 0 Å². The third kappa shape index (κ3) is 50.8. The number of rotatable bonds is 2. The minimum absolute atomic E-state index is 0. The molecule has 0 bridgehead atoms. The van der Waals surface area contributed by atoms with E-state index >= 15 is 0 Å². The predicted octanol–water partition coefficient (Wildman–Crippen LogP) is -9.79. The van der Waals surface area contributed by atoms with Gasteiger partial charge in [-0.1, -0.05) is 0 Å². The summed E-state index contributed by atoms with van der Waals surface area (Å²) in [5, 5.41) is 0. The second kappa shape index (κ2) is 29.5. The summed E-state index contributed by atoms with van der Waals surface area (Å²) in [5.41, 5.74) is 0. The fourth-order valence-corrected chi connectivity index (χ4v) is 0.448. The molecule has 0 aromatic carbocycles. The molecule has 0 aromatic heterocycles. The minimum Gasteiger partial charge on any atom is -1.00 e. The van der Waals surface area contributed by atoms with Gasteiger partial charge in [-0.25, -0.2) is 0 Å². The van der Waals surface area contributed by atoms with Crippen molar-refractivity contribution in [3.63, 3.8) is 0 Å². The third-order valence-electron chi connectivity index (χ3n) is 0.116. The van der Waals surface area contributed by atoms with Gasteiger partial charge in [0.05, 0.1) is 0 Å². The SMILES string of the molecule is O.O.O.O.O=S(O)OS(=O)O.[H-].[H-].[K+].[K+]. The van der Waals surface area contributed by atoms with E-state index in [-0.39, 0.29) is 128 Å². The predicted molar refractivity (Wildman–Crippen MR) is 39.3 cm³/mol. The Balaban J connectivity index is -0.00000000643. The van der Waals surface area contributed by atoms with Gasteiger partial charge < -0.3 is 24.8 Å². The van der Waals surface area contributed by atoms with Crippen LogP contribution in [-0.2, 0) is 26.4 Å². The van der Waals surface area contributed by atoms with Crippen LogP contribution in [0.5, 0.6) is 0 Å². The molecule has 0 saturated heterocycles. The van der Waals surface area contributed by atoms with Crippen LogP contribution in [0.4, 0.5) is 0 Å². The normalized spacial score (nSPS) is 10.0. The summed E-state index contributed by atoms with van der Waals surface area (Å²) in [4.78, 5) is 0. The summed E-state index contributed by atoms with van der Waals surface area (Å²) in [7, 11) is 0. The maximum atomic E-state index is 9.35. The summed E-state index contributed by atoms with van der Waals surface area (Å²) in [6.45, 7) is 0. The molecule has 80 valence electrons. The summed E-state index contributed by atoms with van der Waals surface area (Å²) < 4.78 is 37.2. The minimum atomic E-state index is -2.65. The average molecular weight is 298 g/mol. The van der Waals surface area contributed by atoms with Crippen molar-refractivity contribution in [2.45, 2.75) is 0 Å². The molecular formula is H12K2O9S2. The van der Waals surface area contributed by atoms with Crippen molar-refractivity contribution < 1.29 is 149 Å². The van der Waals surface area contributed by atoms with E-state index in [4.69, 9.17) is 9.11 Å². The van der Waals surface area contributed by atoms with Crippen LogP contribution in [0, 0.1) is 0 Å². The van der Waals surface area contributed by atoms with Crippen LogP contribution in [0.1, 0.15) is 2.85 Å². The maximum Gasteiger partial charge on any atom is 1.00 e. The van der Waals surface area contributed by atoms with Crippen molar-refractivity contribution >= 4 is 22.7 Å². The Hall–Kier alpha value is 3.29. The third-order valence-corrected chi connectivity index (χ3v) is 1.05. The van der Waals surface area contributed by atoms with Crippen LogP contribution in [0.2, 0.25) is 0 Å². The molecule has 0 heterocycles. The van der Waals surface area contributed by atoms with Crippen LogP contribution >= 0.6 is 0 Å². The second-order valence-corrected chi connectivity index (χ2v) is 1.92. The number of hydrogen-bond acceptors (Lipinski definition) is 3. The molecule has 0 spiro atoms. The van der Waals surface area contributed by atoms with E-state index < -0.39 is 22.7 Å². The van der Waals surface area contributed by atoms with Crippen molar-refractivity contribution in [2.75, 3.05) is 0 Å². The zero-order valence-electron chi connectivity index (χ0n) is 8.94. The standard InChI is InChI=1S/2K.H2O5S2.4H2O.2H/c;;1-6(2)5-7(3)4;;;;;;/h;;(H,1,2)(H,3,4);4*1H2;;/q2*+1;;;;;;2*-1. The van der Waals surface area contributed by atoms with E-state index in [1.807, 2.05) is 0 Å². The van der Waals surface area contributed by atoms with E-state index in [1.54, 1.807) is 0 Å². The molecule has 13 heavy (non-hydrogen) atoms. The zero-order chi connectivity index (χ0) is 5.86. The van der Waals surface area contributed by atoms with Gasteiger partial charge in [0.25, 0.3) is 0 Å². The average Bonchev–Trinajstić information content (AvgIpc) is 1.27. The fraction of sp³-hybridized carbons (Fsp3) is 0. The van der Waals surface area contributed by atoms with Crippen molar-refractivity contribution in [1.29, 1.82) is 0 Å². The van der Waals surface area contributed by atoms with Crippen molar-refractivity contribution in [3.8, 4) is 0 Å². The molecule has 10 N–H and O–H groups in total. The Labute approximate surface area is 167 Å². The van der Waals surface area contributed by atoms with Crippen molar-refractivity contribution in [1.82, 2.24) is 0 Å². The zero-order valence-corrected chi connectivity index (χ0v) is 14.8. The molecule has 0 amide bonds. The topological polar surface area (TPSA) is 210 Å². The maximum absolute atomic E-state index is 9.35.